The third kappa shape index (κ3) is 2.70. The first kappa shape index (κ1) is 9.98. The van der Waals surface area contributed by atoms with Crippen LogP contribution in [-0.4, -0.2) is 35.5 Å². The van der Waals surface area contributed by atoms with E-state index in [9.17, 15) is 4.79 Å². The highest BCUT2D eigenvalue weighted by atomic mass is 16.6. The minimum absolute atomic E-state index is 0.216. The van der Waals surface area contributed by atoms with Crippen LogP contribution in [0.4, 0.5) is 4.79 Å². The van der Waals surface area contributed by atoms with Crippen LogP contribution >= 0.6 is 0 Å². The molecule has 0 radical (unpaired) electrons. The summed E-state index contributed by atoms with van der Waals surface area (Å²) in [6.07, 6.45) is -0.396. The molecule has 0 aromatic heterocycles. The molecule has 0 unspecified atom stereocenters. The summed E-state index contributed by atoms with van der Waals surface area (Å²) in [7, 11) is 0. The highest BCUT2D eigenvalue weighted by Gasteiger charge is 2.33. The standard InChI is InChI=1S/C11H13NO3/c13-11(14)12(10-8-15-10)7-6-9-4-2-1-3-5-9/h1-5,10H,6-8H2,(H,13,14)/t10-/m0/s1. The fourth-order valence-electron chi connectivity index (χ4n) is 1.48. The molecule has 1 aliphatic rings. The van der Waals surface area contributed by atoms with Crippen LogP contribution in [0.3, 0.4) is 0 Å². The molecular weight excluding hydrogens is 194 g/mol. The van der Waals surface area contributed by atoms with Gasteiger partial charge in [0, 0.05) is 6.54 Å². The van der Waals surface area contributed by atoms with Crippen LogP contribution in [-0.2, 0) is 11.2 Å². The van der Waals surface area contributed by atoms with Crippen molar-refractivity contribution in [3.63, 3.8) is 0 Å². The number of hydrogen-bond acceptors (Lipinski definition) is 2. The van der Waals surface area contributed by atoms with Gasteiger partial charge >= 0.3 is 6.09 Å². The van der Waals surface area contributed by atoms with E-state index < -0.39 is 6.09 Å². The fourth-order valence-corrected chi connectivity index (χ4v) is 1.48. The summed E-state index contributed by atoms with van der Waals surface area (Å²) >= 11 is 0. The number of rotatable bonds is 4. The van der Waals surface area contributed by atoms with Gasteiger partial charge in [-0.25, -0.2) is 4.79 Å². The number of nitrogens with zero attached hydrogens (tertiary/aromatic N) is 1. The summed E-state index contributed by atoms with van der Waals surface area (Å²) in [4.78, 5) is 12.2. The predicted octanol–water partition coefficient (Wildman–Crippen LogP) is 1.57. The van der Waals surface area contributed by atoms with Crippen LogP contribution < -0.4 is 0 Å². The van der Waals surface area contributed by atoms with E-state index in [1.165, 1.54) is 4.90 Å². The Balaban J connectivity index is 1.88. The summed E-state index contributed by atoms with van der Waals surface area (Å²) in [5, 5.41) is 8.91. The topological polar surface area (TPSA) is 53.1 Å². The summed E-state index contributed by atoms with van der Waals surface area (Å²) in [6, 6.07) is 9.84. The van der Waals surface area contributed by atoms with E-state index in [1.54, 1.807) is 0 Å². The first-order valence-electron chi connectivity index (χ1n) is 4.92. The summed E-state index contributed by atoms with van der Waals surface area (Å²) < 4.78 is 4.97. The largest absolute Gasteiger partial charge is 0.465 e. The molecule has 80 valence electrons. The molecule has 0 saturated carbocycles. The molecule has 1 atom stereocenters. The monoisotopic (exact) mass is 207 g/mol. The molecule has 15 heavy (non-hydrogen) atoms. The molecule has 1 N–H and O–H groups in total. The van der Waals surface area contributed by atoms with E-state index in [4.69, 9.17) is 9.84 Å². The first-order valence-corrected chi connectivity index (χ1v) is 4.92. The zero-order valence-corrected chi connectivity index (χ0v) is 8.30. The SMILES string of the molecule is O=C(O)N(CCc1ccccc1)[C@@H]1CO1. The molecule has 1 fully saturated rings. The van der Waals surface area contributed by atoms with Gasteiger partial charge < -0.3 is 9.84 Å². The van der Waals surface area contributed by atoms with Crippen molar-refractivity contribution in [2.24, 2.45) is 0 Å². The van der Waals surface area contributed by atoms with Crippen molar-refractivity contribution < 1.29 is 14.6 Å². The van der Waals surface area contributed by atoms with E-state index in [0.29, 0.717) is 13.2 Å². The minimum atomic E-state index is -0.909. The Morgan fingerprint density at radius 1 is 1.47 bits per heavy atom. The number of carbonyl (C=O) groups is 1. The molecule has 2 rings (SSSR count). The van der Waals surface area contributed by atoms with Gasteiger partial charge in [-0.05, 0) is 12.0 Å². The molecule has 1 aromatic rings. The lowest BCUT2D eigenvalue weighted by atomic mass is 10.1. The van der Waals surface area contributed by atoms with Gasteiger partial charge in [0.15, 0.2) is 6.23 Å². The van der Waals surface area contributed by atoms with Crippen molar-refractivity contribution in [3.05, 3.63) is 35.9 Å². The van der Waals surface area contributed by atoms with Gasteiger partial charge in [0.05, 0.1) is 6.61 Å². The van der Waals surface area contributed by atoms with Crippen LogP contribution in [0.5, 0.6) is 0 Å². The Morgan fingerprint density at radius 2 is 2.13 bits per heavy atom. The Bertz CT molecular complexity index is 335. The summed E-state index contributed by atoms with van der Waals surface area (Å²) in [5.41, 5.74) is 1.14. The van der Waals surface area contributed by atoms with Gasteiger partial charge in [-0.2, -0.15) is 0 Å². The second kappa shape index (κ2) is 4.31. The minimum Gasteiger partial charge on any atom is -0.465 e. The average Bonchev–Trinajstić information content (AvgIpc) is 3.03. The van der Waals surface area contributed by atoms with Crippen molar-refractivity contribution in [1.82, 2.24) is 4.90 Å². The zero-order valence-electron chi connectivity index (χ0n) is 8.30. The smallest absolute Gasteiger partial charge is 0.409 e. The zero-order chi connectivity index (χ0) is 10.7. The summed E-state index contributed by atoms with van der Waals surface area (Å²) in [6.45, 7) is 1.02. The van der Waals surface area contributed by atoms with Crippen LogP contribution in [0.2, 0.25) is 0 Å². The van der Waals surface area contributed by atoms with Gasteiger partial charge in [0.2, 0.25) is 0 Å². The molecule has 0 aliphatic carbocycles. The van der Waals surface area contributed by atoms with Crippen LogP contribution in [0.25, 0.3) is 0 Å². The van der Waals surface area contributed by atoms with Gasteiger partial charge in [-0.15, -0.1) is 0 Å². The molecule has 1 aliphatic heterocycles. The number of benzene rings is 1. The van der Waals surface area contributed by atoms with E-state index in [2.05, 4.69) is 0 Å². The molecule has 0 spiro atoms. The Hall–Kier alpha value is -1.55. The molecule has 4 heteroatoms. The van der Waals surface area contributed by atoms with Gasteiger partial charge in [-0.1, -0.05) is 30.3 Å². The number of carboxylic acid groups (broad SMARTS) is 1. The number of hydrogen-bond donors (Lipinski definition) is 1. The molecule has 1 saturated heterocycles. The van der Waals surface area contributed by atoms with Crippen LogP contribution in [0, 0.1) is 0 Å². The van der Waals surface area contributed by atoms with E-state index >= 15 is 0 Å². The predicted molar refractivity (Wildman–Crippen MR) is 54.6 cm³/mol. The second-order valence-corrected chi connectivity index (χ2v) is 3.50. The number of amides is 1. The van der Waals surface area contributed by atoms with E-state index in [1.807, 2.05) is 30.3 Å². The highest BCUT2D eigenvalue weighted by Crippen LogP contribution is 2.16. The van der Waals surface area contributed by atoms with Crippen molar-refractivity contribution in [2.45, 2.75) is 12.6 Å². The lowest BCUT2D eigenvalue weighted by Gasteiger charge is -2.15. The quantitative estimate of drug-likeness (QED) is 0.762. The van der Waals surface area contributed by atoms with Gasteiger partial charge in [0.1, 0.15) is 0 Å². The lowest BCUT2D eigenvalue weighted by Crippen LogP contribution is -2.34. The van der Waals surface area contributed by atoms with Crippen LogP contribution in [0.15, 0.2) is 30.3 Å². The fraction of sp³-hybridized carbons (Fsp3) is 0.364. The maximum Gasteiger partial charge on any atom is 0.409 e. The Labute approximate surface area is 88.1 Å². The third-order valence-corrected chi connectivity index (χ3v) is 2.39. The van der Waals surface area contributed by atoms with Gasteiger partial charge in [-0.3, -0.25) is 4.90 Å². The third-order valence-electron chi connectivity index (χ3n) is 2.39. The molecule has 1 heterocycles. The van der Waals surface area contributed by atoms with Crippen molar-refractivity contribution >= 4 is 6.09 Å². The second-order valence-electron chi connectivity index (χ2n) is 3.50. The maximum absolute atomic E-state index is 10.8. The number of ether oxygens (including phenoxy) is 1. The van der Waals surface area contributed by atoms with Gasteiger partial charge in [0.25, 0.3) is 0 Å². The van der Waals surface area contributed by atoms with E-state index in [-0.39, 0.29) is 6.23 Å². The van der Waals surface area contributed by atoms with Crippen molar-refractivity contribution in [2.75, 3.05) is 13.2 Å². The Morgan fingerprint density at radius 3 is 2.67 bits per heavy atom. The molecule has 1 amide bonds. The number of epoxide rings is 1. The molecule has 0 bridgehead atoms. The maximum atomic E-state index is 10.8. The van der Waals surface area contributed by atoms with Crippen molar-refractivity contribution in [1.29, 1.82) is 0 Å². The average molecular weight is 207 g/mol. The summed E-state index contributed by atoms with van der Waals surface area (Å²) in [5.74, 6) is 0. The first-order chi connectivity index (χ1) is 7.27. The molecule has 4 nitrogen and oxygen atoms in total. The highest BCUT2D eigenvalue weighted by molar-refractivity contribution is 5.65. The van der Waals surface area contributed by atoms with Crippen molar-refractivity contribution in [3.8, 4) is 0 Å². The lowest BCUT2D eigenvalue weighted by molar-refractivity contribution is 0.120. The van der Waals surface area contributed by atoms with E-state index in [0.717, 1.165) is 12.0 Å². The van der Waals surface area contributed by atoms with Crippen LogP contribution in [0.1, 0.15) is 5.56 Å². The molecular formula is C11H13NO3. The normalized spacial score (nSPS) is 18.5. The Kier molecular flexibility index (Phi) is 2.87. The molecule has 1 aromatic carbocycles.